The molecule has 0 aliphatic heterocycles. The van der Waals surface area contributed by atoms with Crippen LogP contribution in [0.3, 0.4) is 0 Å². The van der Waals surface area contributed by atoms with E-state index in [1.165, 1.54) is 36.1 Å². The third-order valence-corrected chi connectivity index (χ3v) is 5.93. The molecule has 0 radical (unpaired) electrons. The molecule has 11 heteroatoms. The predicted octanol–water partition coefficient (Wildman–Crippen LogP) is 4.14. The lowest BCUT2D eigenvalue weighted by molar-refractivity contribution is -0.114. The standard InChI is InChI=1S/C21H21N3O6S2/c1-3-4-9-28-15-7-5-14(6-8-15)19(27)30-18-11-29-16(10-17(18)26)12-31-21-24-23-20(32-21)22-13(2)25/h5-8,10-11H,3-4,9,12H2,1-2H3,(H,22,23,25). The van der Waals surface area contributed by atoms with Crippen LogP contribution in [0, 0.1) is 0 Å². The number of carbonyl (C=O) groups excluding carboxylic acids is 2. The highest BCUT2D eigenvalue weighted by molar-refractivity contribution is 8.00. The highest BCUT2D eigenvalue weighted by Gasteiger charge is 2.14. The first kappa shape index (κ1) is 23.5. The minimum absolute atomic E-state index is 0.198. The molecule has 1 N–H and O–H groups in total. The number of nitrogens with zero attached hydrogens (tertiary/aromatic N) is 2. The molecule has 1 aromatic carbocycles. The van der Waals surface area contributed by atoms with Crippen molar-refractivity contribution in [1.29, 1.82) is 0 Å². The minimum Gasteiger partial charge on any atom is -0.494 e. The Hall–Kier alpha value is -3.18. The van der Waals surface area contributed by atoms with Crippen molar-refractivity contribution < 1.29 is 23.5 Å². The molecule has 0 aliphatic carbocycles. The summed E-state index contributed by atoms with van der Waals surface area (Å²) in [5, 5.41) is 10.7. The number of anilines is 1. The zero-order valence-corrected chi connectivity index (χ0v) is 19.1. The van der Waals surface area contributed by atoms with E-state index in [0.29, 0.717) is 33.3 Å². The summed E-state index contributed by atoms with van der Waals surface area (Å²) in [5.74, 6) is 0.262. The second-order valence-electron chi connectivity index (χ2n) is 6.53. The fourth-order valence-electron chi connectivity index (χ4n) is 2.37. The van der Waals surface area contributed by atoms with Crippen molar-refractivity contribution in [2.45, 2.75) is 36.8 Å². The van der Waals surface area contributed by atoms with Gasteiger partial charge in [-0.05, 0) is 30.7 Å². The summed E-state index contributed by atoms with van der Waals surface area (Å²) in [6, 6.07) is 7.77. The number of aromatic nitrogens is 2. The van der Waals surface area contributed by atoms with E-state index in [1.807, 2.05) is 0 Å². The molecule has 1 amide bonds. The molecule has 0 atom stereocenters. The van der Waals surface area contributed by atoms with E-state index in [9.17, 15) is 14.4 Å². The summed E-state index contributed by atoms with van der Waals surface area (Å²) in [6.07, 6.45) is 3.10. The minimum atomic E-state index is -0.668. The fourth-order valence-corrected chi connectivity index (χ4v) is 4.06. The van der Waals surface area contributed by atoms with E-state index in [2.05, 4.69) is 22.4 Å². The number of rotatable bonds is 10. The second kappa shape index (κ2) is 11.4. The van der Waals surface area contributed by atoms with Gasteiger partial charge in [-0.25, -0.2) is 4.79 Å². The third-order valence-electron chi connectivity index (χ3n) is 3.94. The first-order chi connectivity index (χ1) is 15.4. The number of hydrogen-bond donors (Lipinski definition) is 1. The predicted molar refractivity (Wildman–Crippen MR) is 121 cm³/mol. The maximum absolute atomic E-state index is 12.3. The monoisotopic (exact) mass is 475 g/mol. The molecule has 0 saturated heterocycles. The first-order valence-electron chi connectivity index (χ1n) is 9.75. The van der Waals surface area contributed by atoms with Crippen LogP contribution in [0.2, 0.25) is 0 Å². The summed E-state index contributed by atoms with van der Waals surface area (Å²) >= 11 is 2.51. The molecule has 0 unspecified atom stereocenters. The molecule has 0 fully saturated rings. The highest BCUT2D eigenvalue weighted by atomic mass is 32.2. The number of hydrogen-bond acceptors (Lipinski definition) is 10. The lowest BCUT2D eigenvalue weighted by atomic mass is 10.2. The Morgan fingerprint density at radius 1 is 1.22 bits per heavy atom. The number of benzene rings is 1. The van der Waals surface area contributed by atoms with Crippen LogP contribution in [0.15, 0.2) is 50.1 Å². The maximum Gasteiger partial charge on any atom is 0.343 e. The zero-order valence-electron chi connectivity index (χ0n) is 17.5. The van der Waals surface area contributed by atoms with Gasteiger partial charge in [0.2, 0.25) is 22.2 Å². The molecular formula is C21H21N3O6S2. The number of carbonyl (C=O) groups is 2. The van der Waals surface area contributed by atoms with Crippen molar-refractivity contribution in [3.8, 4) is 11.5 Å². The lowest BCUT2D eigenvalue weighted by Gasteiger charge is -2.07. The van der Waals surface area contributed by atoms with Gasteiger partial charge in [-0.15, -0.1) is 10.2 Å². The van der Waals surface area contributed by atoms with Crippen molar-refractivity contribution in [3.63, 3.8) is 0 Å². The molecule has 9 nitrogen and oxygen atoms in total. The Balaban J connectivity index is 1.55. The van der Waals surface area contributed by atoms with Gasteiger partial charge in [0.15, 0.2) is 4.34 Å². The number of esters is 1. The molecule has 32 heavy (non-hydrogen) atoms. The summed E-state index contributed by atoms with van der Waals surface area (Å²) < 4.78 is 16.8. The van der Waals surface area contributed by atoms with Crippen LogP contribution < -0.4 is 20.2 Å². The van der Waals surface area contributed by atoms with Crippen molar-refractivity contribution in [2.75, 3.05) is 11.9 Å². The van der Waals surface area contributed by atoms with Gasteiger partial charge in [-0.3, -0.25) is 9.59 Å². The highest BCUT2D eigenvalue weighted by Crippen LogP contribution is 2.28. The molecule has 3 aromatic rings. The first-order valence-corrected chi connectivity index (χ1v) is 11.6. The average Bonchev–Trinajstić information content (AvgIpc) is 3.21. The van der Waals surface area contributed by atoms with E-state index < -0.39 is 11.4 Å². The molecule has 3 rings (SSSR count). The second-order valence-corrected chi connectivity index (χ2v) is 8.73. The fraction of sp³-hybridized carbons (Fsp3) is 0.286. The number of nitrogens with one attached hydrogen (secondary N) is 1. The van der Waals surface area contributed by atoms with E-state index in [-0.39, 0.29) is 17.2 Å². The Kier molecular flexibility index (Phi) is 8.40. The van der Waals surface area contributed by atoms with Gasteiger partial charge in [0.25, 0.3) is 0 Å². The number of thioether (sulfide) groups is 1. The molecule has 0 spiro atoms. The van der Waals surface area contributed by atoms with Crippen LogP contribution in [0.5, 0.6) is 11.5 Å². The van der Waals surface area contributed by atoms with Crippen LogP contribution in [0.4, 0.5) is 5.13 Å². The summed E-state index contributed by atoms with van der Waals surface area (Å²) in [5.41, 5.74) is -0.186. The van der Waals surface area contributed by atoms with Crippen LogP contribution in [-0.2, 0) is 10.5 Å². The summed E-state index contributed by atoms with van der Waals surface area (Å²) in [7, 11) is 0. The Morgan fingerprint density at radius 3 is 2.69 bits per heavy atom. The number of ether oxygens (including phenoxy) is 2. The van der Waals surface area contributed by atoms with E-state index in [1.54, 1.807) is 24.3 Å². The van der Waals surface area contributed by atoms with Gasteiger partial charge in [0.05, 0.1) is 17.9 Å². The molecule has 0 bridgehead atoms. The Labute approximate surface area is 192 Å². The van der Waals surface area contributed by atoms with Gasteiger partial charge >= 0.3 is 5.97 Å². The van der Waals surface area contributed by atoms with E-state index in [4.69, 9.17) is 13.9 Å². The van der Waals surface area contributed by atoms with Gasteiger partial charge in [-0.1, -0.05) is 36.4 Å². The van der Waals surface area contributed by atoms with Crippen LogP contribution in [0.1, 0.15) is 42.8 Å². The van der Waals surface area contributed by atoms with Crippen LogP contribution in [-0.4, -0.2) is 28.7 Å². The molecule has 2 aromatic heterocycles. The van der Waals surface area contributed by atoms with Crippen LogP contribution >= 0.6 is 23.1 Å². The maximum atomic E-state index is 12.3. The smallest absolute Gasteiger partial charge is 0.343 e. The number of amides is 1. The SMILES string of the molecule is CCCCOc1ccc(C(=O)Oc2coc(CSc3nnc(NC(C)=O)s3)cc2=O)cc1. The van der Waals surface area contributed by atoms with Crippen LogP contribution in [0.25, 0.3) is 0 Å². The Bertz CT molecular complexity index is 1130. The Morgan fingerprint density at radius 2 is 2.00 bits per heavy atom. The molecular weight excluding hydrogens is 454 g/mol. The van der Waals surface area contributed by atoms with Crippen molar-refractivity contribution >= 4 is 40.1 Å². The quantitative estimate of drug-likeness (QED) is 0.200. The van der Waals surface area contributed by atoms with E-state index in [0.717, 1.165) is 19.1 Å². The third kappa shape index (κ3) is 6.92. The average molecular weight is 476 g/mol. The van der Waals surface area contributed by atoms with Crippen molar-refractivity contribution in [1.82, 2.24) is 10.2 Å². The van der Waals surface area contributed by atoms with Gasteiger partial charge in [0, 0.05) is 13.0 Å². The van der Waals surface area contributed by atoms with E-state index >= 15 is 0 Å². The molecule has 2 heterocycles. The summed E-state index contributed by atoms with van der Waals surface area (Å²) in [6.45, 7) is 4.07. The zero-order chi connectivity index (χ0) is 22.9. The van der Waals surface area contributed by atoms with Gasteiger partial charge in [0.1, 0.15) is 17.8 Å². The van der Waals surface area contributed by atoms with Crippen molar-refractivity contribution in [2.24, 2.45) is 0 Å². The molecule has 168 valence electrons. The molecule has 0 saturated carbocycles. The largest absolute Gasteiger partial charge is 0.494 e. The van der Waals surface area contributed by atoms with Gasteiger partial charge < -0.3 is 19.2 Å². The van der Waals surface area contributed by atoms with Crippen molar-refractivity contribution in [3.05, 3.63) is 58.1 Å². The summed E-state index contributed by atoms with van der Waals surface area (Å²) in [4.78, 5) is 35.7. The normalized spacial score (nSPS) is 10.6. The molecule has 0 aliphatic rings. The lowest BCUT2D eigenvalue weighted by Crippen LogP contribution is -2.14. The number of unbranched alkanes of at least 4 members (excludes halogenated alkanes) is 1. The van der Waals surface area contributed by atoms with Gasteiger partial charge in [-0.2, -0.15) is 0 Å². The topological polar surface area (TPSA) is 121 Å².